The summed E-state index contributed by atoms with van der Waals surface area (Å²) in [6, 6.07) is 0.775. The summed E-state index contributed by atoms with van der Waals surface area (Å²) in [7, 11) is 2.14. The summed E-state index contributed by atoms with van der Waals surface area (Å²) in [6.45, 7) is 2.11. The SMILES string of the molecule is CN1CCC(C(=O)NC2C3CCCC2CC(N)C3)CC1.Cl.Cl. The van der Waals surface area contributed by atoms with E-state index in [9.17, 15) is 4.79 Å². The highest BCUT2D eigenvalue weighted by Crippen LogP contribution is 2.39. The van der Waals surface area contributed by atoms with Crippen LogP contribution in [0.3, 0.4) is 0 Å². The highest BCUT2D eigenvalue weighted by Gasteiger charge is 2.40. The molecule has 0 spiro atoms. The van der Waals surface area contributed by atoms with Crippen molar-refractivity contribution < 1.29 is 4.79 Å². The lowest BCUT2D eigenvalue weighted by Crippen LogP contribution is -2.55. The third-order valence-corrected chi connectivity index (χ3v) is 5.77. The Labute approximate surface area is 146 Å². The van der Waals surface area contributed by atoms with Gasteiger partial charge in [-0.3, -0.25) is 4.79 Å². The molecule has 3 rings (SSSR count). The quantitative estimate of drug-likeness (QED) is 0.801. The molecule has 3 N–H and O–H groups in total. The molecule has 3 fully saturated rings. The van der Waals surface area contributed by atoms with Crippen molar-refractivity contribution in [3.8, 4) is 0 Å². The smallest absolute Gasteiger partial charge is 0.223 e. The molecule has 3 aliphatic rings. The topological polar surface area (TPSA) is 58.4 Å². The maximum absolute atomic E-state index is 12.5. The second-order valence-corrected chi connectivity index (χ2v) is 7.29. The predicted octanol–water partition coefficient (Wildman–Crippen LogP) is 2.19. The molecule has 1 aliphatic heterocycles. The van der Waals surface area contributed by atoms with Crippen LogP contribution in [0.5, 0.6) is 0 Å². The van der Waals surface area contributed by atoms with Gasteiger partial charge in [-0.05, 0) is 70.5 Å². The lowest BCUT2D eigenvalue weighted by Gasteiger charge is -2.45. The van der Waals surface area contributed by atoms with Crippen LogP contribution in [0.25, 0.3) is 0 Å². The fourth-order valence-electron chi connectivity index (χ4n) is 4.58. The molecule has 2 aliphatic carbocycles. The van der Waals surface area contributed by atoms with E-state index in [4.69, 9.17) is 5.73 Å². The number of nitrogens with zero attached hydrogens (tertiary/aromatic N) is 1. The average Bonchev–Trinajstić information content (AvgIpc) is 2.40. The van der Waals surface area contributed by atoms with Gasteiger partial charge in [0.1, 0.15) is 0 Å². The molecule has 4 nitrogen and oxygen atoms in total. The van der Waals surface area contributed by atoms with Gasteiger partial charge in [-0.25, -0.2) is 0 Å². The zero-order valence-electron chi connectivity index (χ0n) is 13.5. The van der Waals surface area contributed by atoms with E-state index in [0.717, 1.165) is 38.8 Å². The summed E-state index contributed by atoms with van der Waals surface area (Å²) in [6.07, 6.45) is 8.07. The van der Waals surface area contributed by atoms with Crippen molar-refractivity contribution >= 4 is 30.7 Å². The van der Waals surface area contributed by atoms with Crippen LogP contribution in [-0.4, -0.2) is 43.0 Å². The molecule has 130 valence electrons. The molecule has 0 aromatic heterocycles. The summed E-state index contributed by atoms with van der Waals surface area (Å²) in [4.78, 5) is 14.8. The molecular formula is C16H31Cl2N3O. The normalized spacial score (nSPS) is 35.9. The minimum absolute atomic E-state index is 0. The van der Waals surface area contributed by atoms with Crippen molar-refractivity contribution in [3.63, 3.8) is 0 Å². The number of carbonyl (C=O) groups is 1. The van der Waals surface area contributed by atoms with Crippen LogP contribution in [0.1, 0.15) is 44.9 Å². The molecule has 0 aromatic carbocycles. The number of fused-ring (bicyclic) bond motifs is 2. The fraction of sp³-hybridized carbons (Fsp3) is 0.938. The van der Waals surface area contributed by atoms with Gasteiger partial charge >= 0.3 is 0 Å². The summed E-state index contributed by atoms with van der Waals surface area (Å²) in [5, 5.41) is 3.41. The number of halogens is 2. The number of nitrogens with one attached hydrogen (secondary N) is 1. The molecule has 2 unspecified atom stereocenters. The van der Waals surface area contributed by atoms with Crippen LogP contribution in [0, 0.1) is 17.8 Å². The Kier molecular flexibility index (Phi) is 7.93. The molecule has 2 bridgehead atoms. The minimum Gasteiger partial charge on any atom is -0.353 e. The van der Waals surface area contributed by atoms with Crippen LogP contribution in [0.2, 0.25) is 0 Å². The zero-order chi connectivity index (χ0) is 14.1. The molecular weight excluding hydrogens is 321 g/mol. The number of amides is 1. The largest absolute Gasteiger partial charge is 0.353 e. The van der Waals surface area contributed by atoms with Gasteiger partial charge in [-0.2, -0.15) is 0 Å². The number of carbonyl (C=O) groups excluding carboxylic acids is 1. The number of likely N-dealkylation sites (tertiary alicyclic amines) is 1. The molecule has 0 aromatic rings. The lowest BCUT2D eigenvalue weighted by atomic mass is 9.67. The number of rotatable bonds is 2. The van der Waals surface area contributed by atoms with Gasteiger partial charge in [0.2, 0.25) is 5.91 Å². The van der Waals surface area contributed by atoms with E-state index < -0.39 is 0 Å². The first-order valence-electron chi connectivity index (χ1n) is 8.38. The Morgan fingerprint density at radius 1 is 1.05 bits per heavy atom. The second-order valence-electron chi connectivity index (χ2n) is 7.29. The molecule has 2 atom stereocenters. The minimum atomic E-state index is 0. The van der Waals surface area contributed by atoms with Gasteiger partial charge in [-0.1, -0.05) is 6.42 Å². The second kappa shape index (κ2) is 8.72. The van der Waals surface area contributed by atoms with Crippen LogP contribution in [0.15, 0.2) is 0 Å². The van der Waals surface area contributed by atoms with E-state index in [1.165, 1.54) is 19.3 Å². The Morgan fingerprint density at radius 3 is 2.14 bits per heavy atom. The van der Waals surface area contributed by atoms with Crippen molar-refractivity contribution in [2.75, 3.05) is 20.1 Å². The molecule has 1 heterocycles. The fourth-order valence-corrected chi connectivity index (χ4v) is 4.58. The summed E-state index contributed by atoms with van der Waals surface area (Å²) in [5.41, 5.74) is 6.16. The van der Waals surface area contributed by atoms with E-state index in [2.05, 4.69) is 17.3 Å². The Balaban J connectivity index is 0.00000121. The number of hydrogen-bond donors (Lipinski definition) is 2. The molecule has 6 heteroatoms. The van der Waals surface area contributed by atoms with Gasteiger partial charge in [0.25, 0.3) is 0 Å². The molecule has 2 saturated carbocycles. The van der Waals surface area contributed by atoms with E-state index in [1.807, 2.05) is 0 Å². The Bertz CT molecular complexity index is 347. The van der Waals surface area contributed by atoms with Crippen molar-refractivity contribution in [1.29, 1.82) is 0 Å². The number of hydrogen-bond acceptors (Lipinski definition) is 3. The van der Waals surface area contributed by atoms with Gasteiger partial charge in [0, 0.05) is 18.0 Å². The monoisotopic (exact) mass is 351 g/mol. The zero-order valence-corrected chi connectivity index (χ0v) is 15.1. The first-order chi connectivity index (χ1) is 9.63. The van der Waals surface area contributed by atoms with Gasteiger partial charge in [0.05, 0.1) is 0 Å². The van der Waals surface area contributed by atoms with E-state index >= 15 is 0 Å². The maximum atomic E-state index is 12.5. The standard InChI is InChI=1S/C16H29N3O.2ClH/c1-19-7-5-11(6-8-19)16(20)18-15-12-3-2-4-13(15)10-14(17)9-12;;/h11-15H,2-10,17H2,1H3,(H,18,20);2*1H. The number of piperidine rings is 1. The highest BCUT2D eigenvalue weighted by molar-refractivity contribution is 5.85. The van der Waals surface area contributed by atoms with Crippen LogP contribution in [-0.2, 0) is 4.79 Å². The molecule has 22 heavy (non-hydrogen) atoms. The van der Waals surface area contributed by atoms with Crippen molar-refractivity contribution in [3.05, 3.63) is 0 Å². The Morgan fingerprint density at radius 2 is 1.59 bits per heavy atom. The summed E-state index contributed by atoms with van der Waals surface area (Å²) >= 11 is 0. The van der Waals surface area contributed by atoms with E-state index in [0.29, 0.717) is 29.8 Å². The van der Waals surface area contributed by atoms with Gasteiger partial charge < -0.3 is 16.0 Å². The molecule has 0 radical (unpaired) electrons. The Hall–Kier alpha value is -0.0300. The summed E-state index contributed by atoms with van der Waals surface area (Å²) < 4.78 is 0. The van der Waals surface area contributed by atoms with Crippen molar-refractivity contribution in [2.24, 2.45) is 23.5 Å². The van der Waals surface area contributed by atoms with E-state index in [1.54, 1.807) is 0 Å². The first kappa shape index (κ1) is 20.0. The predicted molar refractivity (Wildman–Crippen MR) is 94.7 cm³/mol. The lowest BCUT2D eigenvalue weighted by molar-refractivity contribution is -0.128. The van der Waals surface area contributed by atoms with Crippen LogP contribution >= 0.6 is 24.8 Å². The van der Waals surface area contributed by atoms with Gasteiger partial charge in [0.15, 0.2) is 0 Å². The summed E-state index contributed by atoms with van der Waals surface area (Å²) in [5.74, 6) is 1.82. The van der Waals surface area contributed by atoms with E-state index in [-0.39, 0.29) is 30.7 Å². The number of nitrogens with two attached hydrogens (primary N) is 1. The average molecular weight is 352 g/mol. The third kappa shape index (κ3) is 4.50. The van der Waals surface area contributed by atoms with Crippen molar-refractivity contribution in [1.82, 2.24) is 10.2 Å². The first-order valence-corrected chi connectivity index (χ1v) is 8.38. The third-order valence-electron chi connectivity index (χ3n) is 5.77. The van der Waals surface area contributed by atoms with Crippen LogP contribution < -0.4 is 11.1 Å². The molecule has 1 saturated heterocycles. The van der Waals surface area contributed by atoms with Crippen LogP contribution in [0.4, 0.5) is 0 Å². The maximum Gasteiger partial charge on any atom is 0.223 e. The van der Waals surface area contributed by atoms with Crippen molar-refractivity contribution in [2.45, 2.75) is 57.0 Å². The molecule has 1 amide bonds. The van der Waals surface area contributed by atoms with Gasteiger partial charge in [-0.15, -0.1) is 24.8 Å². The highest BCUT2D eigenvalue weighted by atomic mass is 35.5.